The average molecular weight is 444 g/mol. The smallest absolute Gasteiger partial charge is 0.261 e. The summed E-state index contributed by atoms with van der Waals surface area (Å²) >= 11 is 0. The Morgan fingerprint density at radius 3 is 2.35 bits per heavy atom. The SMILES string of the molecule is O=C(c1ccccc1NS(=O)(=O)c1ccc(F)cc1)N1CCN(Cc2ccco2)CC1. The summed E-state index contributed by atoms with van der Waals surface area (Å²) in [5, 5.41) is 0. The maximum Gasteiger partial charge on any atom is 0.261 e. The van der Waals surface area contributed by atoms with Crippen LogP contribution in [0.4, 0.5) is 10.1 Å². The highest BCUT2D eigenvalue weighted by Gasteiger charge is 2.25. The molecule has 7 nitrogen and oxygen atoms in total. The van der Waals surface area contributed by atoms with Gasteiger partial charge in [0.2, 0.25) is 0 Å². The number of benzene rings is 2. The van der Waals surface area contributed by atoms with Gasteiger partial charge in [0.1, 0.15) is 11.6 Å². The van der Waals surface area contributed by atoms with Crippen molar-refractivity contribution in [3.05, 3.63) is 84.1 Å². The molecule has 1 saturated heterocycles. The number of furan rings is 1. The number of anilines is 1. The van der Waals surface area contributed by atoms with Gasteiger partial charge < -0.3 is 9.32 Å². The Labute approximate surface area is 180 Å². The molecular formula is C22H22FN3O4S. The van der Waals surface area contributed by atoms with Gasteiger partial charge in [0, 0.05) is 26.2 Å². The van der Waals surface area contributed by atoms with Crippen LogP contribution in [0.2, 0.25) is 0 Å². The van der Waals surface area contributed by atoms with Gasteiger partial charge in [0.15, 0.2) is 0 Å². The maximum atomic E-state index is 13.1. The highest BCUT2D eigenvalue weighted by atomic mass is 32.2. The molecule has 1 aliphatic rings. The van der Waals surface area contributed by atoms with Gasteiger partial charge in [-0.15, -0.1) is 0 Å². The molecule has 162 valence electrons. The lowest BCUT2D eigenvalue weighted by atomic mass is 10.1. The van der Waals surface area contributed by atoms with E-state index in [2.05, 4.69) is 9.62 Å². The lowest BCUT2D eigenvalue weighted by molar-refractivity contribution is 0.0621. The minimum atomic E-state index is -3.96. The Bertz CT molecular complexity index is 1140. The van der Waals surface area contributed by atoms with Gasteiger partial charge >= 0.3 is 0 Å². The number of hydrogen-bond donors (Lipinski definition) is 1. The molecule has 3 aromatic rings. The molecule has 1 fully saturated rings. The fraction of sp³-hybridized carbons (Fsp3) is 0.227. The minimum Gasteiger partial charge on any atom is -0.468 e. The summed E-state index contributed by atoms with van der Waals surface area (Å²) in [6.07, 6.45) is 1.64. The summed E-state index contributed by atoms with van der Waals surface area (Å²) < 4.78 is 46.3. The van der Waals surface area contributed by atoms with Crippen LogP contribution >= 0.6 is 0 Å². The molecule has 4 rings (SSSR count). The second kappa shape index (κ2) is 8.91. The highest BCUT2D eigenvalue weighted by Crippen LogP contribution is 2.22. The van der Waals surface area contributed by atoms with Crippen molar-refractivity contribution in [3.8, 4) is 0 Å². The van der Waals surface area contributed by atoms with Crippen molar-refractivity contribution < 1.29 is 22.0 Å². The summed E-state index contributed by atoms with van der Waals surface area (Å²) in [5.74, 6) is 0.107. The van der Waals surface area contributed by atoms with Crippen LogP contribution in [0.3, 0.4) is 0 Å². The van der Waals surface area contributed by atoms with E-state index in [0.29, 0.717) is 32.7 Å². The van der Waals surface area contributed by atoms with Gasteiger partial charge in [-0.25, -0.2) is 12.8 Å². The van der Waals surface area contributed by atoms with Crippen molar-refractivity contribution in [2.75, 3.05) is 30.9 Å². The third kappa shape index (κ3) is 4.95. The number of rotatable bonds is 6. The normalized spacial score (nSPS) is 15.1. The van der Waals surface area contributed by atoms with Crippen molar-refractivity contribution in [2.24, 2.45) is 0 Å². The molecule has 9 heteroatoms. The standard InChI is InChI=1S/C22H22FN3O4S/c23-17-7-9-19(10-8-17)31(28,29)24-21-6-2-1-5-20(21)22(27)26-13-11-25(12-14-26)16-18-4-3-15-30-18/h1-10,15,24H,11-14,16H2. The monoisotopic (exact) mass is 443 g/mol. The number of carbonyl (C=O) groups is 1. The first-order valence-corrected chi connectivity index (χ1v) is 11.3. The zero-order valence-electron chi connectivity index (χ0n) is 16.7. The van der Waals surface area contributed by atoms with E-state index in [9.17, 15) is 17.6 Å². The van der Waals surface area contributed by atoms with E-state index in [0.717, 1.165) is 17.9 Å². The largest absolute Gasteiger partial charge is 0.468 e. The summed E-state index contributed by atoms with van der Waals surface area (Å²) in [6.45, 7) is 3.12. The van der Waals surface area contributed by atoms with Crippen molar-refractivity contribution in [2.45, 2.75) is 11.4 Å². The molecule has 1 aromatic heterocycles. The van der Waals surface area contributed by atoms with E-state index < -0.39 is 15.8 Å². The predicted octanol–water partition coefficient (Wildman–Crippen LogP) is 3.18. The van der Waals surface area contributed by atoms with Gasteiger partial charge in [-0.2, -0.15) is 0 Å². The molecule has 0 unspecified atom stereocenters. The van der Waals surface area contributed by atoms with Crippen molar-refractivity contribution in [1.82, 2.24) is 9.80 Å². The first-order valence-electron chi connectivity index (χ1n) is 9.84. The summed E-state index contributed by atoms with van der Waals surface area (Å²) in [4.78, 5) is 16.9. The second-order valence-electron chi connectivity index (χ2n) is 7.25. The molecular weight excluding hydrogens is 421 g/mol. The molecule has 1 aliphatic heterocycles. The van der Waals surface area contributed by atoms with Gasteiger partial charge in [-0.3, -0.25) is 14.4 Å². The quantitative estimate of drug-likeness (QED) is 0.633. The van der Waals surface area contributed by atoms with E-state index in [1.54, 1.807) is 35.4 Å². The molecule has 1 amide bonds. The van der Waals surface area contributed by atoms with Crippen LogP contribution in [-0.2, 0) is 16.6 Å². The van der Waals surface area contributed by atoms with Crippen LogP contribution in [-0.4, -0.2) is 50.3 Å². The van der Waals surface area contributed by atoms with Gasteiger partial charge in [-0.1, -0.05) is 12.1 Å². The summed E-state index contributed by atoms with van der Waals surface area (Å²) in [6, 6.07) is 14.8. The molecule has 0 saturated carbocycles. The summed E-state index contributed by atoms with van der Waals surface area (Å²) in [5.41, 5.74) is 0.461. The number of carbonyl (C=O) groups excluding carboxylic acids is 1. The maximum absolute atomic E-state index is 13.1. The Kier molecular flexibility index (Phi) is 6.06. The number of amides is 1. The van der Waals surface area contributed by atoms with Crippen molar-refractivity contribution in [1.29, 1.82) is 0 Å². The van der Waals surface area contributed by atoms with E-state index in [-0.39, 0.29) is 22.1 Å². The zero-order valence-corrected chi connectivity index (χ0v) is 17.5. The molecule has 0 bridgehead atoms. The lowest BCUT2D eigenvalue weighted by Crippen LogP contribution is -2.48. The fourth-order valence-corrected chi connectivity index (χ4v) is 4.56. The van der Waals surface area contributed by atoms with Crippen LogP contribution in [0.1, 0.15) is 16.1 Å². The molecule has 0 radical (unpaired) electrons. The van der Waals surface area contributed by atoms with Crippen LogP contribution in [0.15, 0.2) is 76.2 Å². The number of para-hydroxylation sites is 1. The first kappa shape index (κ1) is 21.1. The summed E-state index contributed by atoms with van der Waals surface area (Å²) in [7, 11) is -3.96. The third-order valence-corrected chi connectivity index (χ3v) is 6.53. The molecule has 31 heavy (non-hydrogen) atoms. The number of nitrogens with zero attached hydrogens (tertiary/aromatic N) is 2. The molecule has 2 heterocycles. The lowest BCUT2D eigenvalue weighted by Gasteiger charge is -2.34. The van der Waals surface area contributed by atoms with E-state index >= 15 is 0 Å². The number of piperazine rings is 1. The van der Waals surface area contributed by atoms with Gasteiger partial charge in [0.05, 0.1) is 29.0 Å². The predicted molar refractivity (Wildman–Crippen MR) is 114 cm³/mol. The average Bonchev–Trinajstić information content (AvgIpc) is 3.27. The third-order valence-electron chi connectivity index (χ3n) is 5.14. The van der Waals surface area contributed by atoms with E-state index in [1.165, 1.54) is 12.1 Å². The topological polar surface area (TPSA) is 82.9 Å². The van der Waals surface area contributed by atoms with Gasteiger partial charge in [-0.05, 0) is 48.5 Å². The van der Waals surface area contributed by atoms with Crippen LogP contribution in [0, 0.1) is 5.82 Å². The van der Waals surface area contributed by atoms with E-state index in [1.807, 2.05) is 12.1 Å². The zero-order chi connectivity index (χ0) is 21.8. The Morgan fingerprint density at radius 2 is 1.68 bits per heavy atom. The molecule has 2 aromatic carbocycles. The minimum absolute atomic E-state index is 0.0808. The number of sulfonamides is 1. The number of nitrogens with one attached hydrogen (secondary N) is 1. The van der Waals surface area contributed by atoms with Gasteiger partial charge in [0.25, 0.3) is 15.9 Å². The Morgan fingerprint density at radius 1 is 0.968 bits per heavy atom. The molecule has 1 N–H and O–H groups in total. The van der Waals surface area contributed by atoms with Crippen molar-refractivity contribution >= 4 is 21.6 Å². The molecule has 0 atom stereocenters. The number of halogens is 1. The van der Waals surface area contributed by atoms with Crippen LogP contribution < -0.4 is 4.72 Å². The highest BCUT2D eigenvalue weighted by molar-refractivity contribution is 7.92. The fourth-order valence-electron chi connectivity index (χ4n) is 3.48. The number of hydrogen-bond acceptors (Lipinski definition) is 5. The van der Waals surface area contributed by atoms with Crippen LogP contribution in [0.5, 0.6) is 0 Å². The molecule has 0 aliphatic carbocycles. The molecule has 0 spiro atoms. The Hall–Kier alpha value is -3.17. The first-order chi connectivity index (χ1) is 14.9. The van der Waals surface area contributed by atoms with Crippen LogP contribution in [0.25, 0.3) is 0 Å². The second-order valence-corrected chi connectivity index (χ2v) is 8.94. The van der Waals surface area contributed by atoms with Crippen molar-refractivity contribution in [3.63, 3.8) is 0 Å². The Balaban J connectivity index is 1.45. The van der Waals surface area contributed by atoms with E-state index in [4.69, 9.17) is 4.42 Å².